The van der Waals surface area contributed by atoms with Gasteiger partial charge in [-0.3, -0.25) is 18.6 Å². The van der Waals surface area contributed by atoms with E-state index in [9.17, 15) is 14.2 Å². The van der Waals surface area contributed by atoms with E-state index in [-0.39, 0.29) is 60.0 Å². The van der Waals surface area contributed by atoms with Gasteiger partial charge in [0.2, 0.25) is 0 Å². The third kappa shape index (κ3) is 9.13. The Balaban J connectivity index is 0.926. The van der Waals surface area contributed by atoms with Crippen molar-refractivity contribution in [3.8, 4) is 23.0 Å². The van der Waals surface area contributed by atoms with Crippen LogP contribution in [-0.4, -0.2) is 38.4 Å². The summed E-state index contributed by atoms with van der Waals surface area (Å²) in [6, 6.07) is 16.3. The SMILES string of the molecule is Cc1cc(C2C(=O)Oc3c2cc(C(C)(C)C)cc3C(C)(C)C)cc(C)c1OP1OCC2(CO1)COP(=O)(Oc1c(C)cc(C3C(=O)Oc4c3cc(C(C)(C)C)cc4C(C)(C)C)cc1C)OC2. The number of hydrogen-bond acceptors (Lipinski definition) is 11. The first-order valence-corrected chi connectivity index (χ1v) is 25.4. The maximum absolute atomic E-state index is 14.0. The molecule has 0 saturated carbocycles. The van der Waals surface area contributed by atoms with Crippen molar-refractivity contribution < 1.29 is 50.8 Å². The molecule has 0 aliphatic carbocycles. The lowest BCUT2D eigenvalue weighted by atomic mass is 9.77. The second-order valence-corrected chi connectivity index (χ2v) is 25.7. The Morgan fingerprint density at radius 2 is 0.924 bits per heavy atom. The zero-order valence-electron chi connectivity index (χ0n) is 41.5. The largest absolute Gasteiger partial charge is 0.530 e. The fourth-order valence-electron chi connectivity index (χ4n) is 9.16. The first-order chi connectivity index (χ1) is 30.5. The smallest absolute Gasteiger partial charge is 0.426 e. The zero-order chi connectivity index (χ0) is 48.3. The number of phosphoric ester groups is 1. The number of carbonyl (C=O) groups is 2. The number of benzene rings is 4. The summed E-state index contributed by atoms with van der Waals surface area (Å²) in [5.41, 5.74) is 9.20. The Bertz CT molecular complexity index is 2620. The molecule has 0 amide bonds. The summed E-state index contributed by atoms with van der Waals surface area (Å²) < 4.78 is 62.6. The van der Waals surface area contributed by atoms with Gasteiger partial charge in [-0.1, -0.05) is 132 Å². The van der Waals surface area contributed by atoms with Crippen molar-refractivity contribution in [2.24, 2.45) is 5.41 Å². The number of ether oxygens (including phenoxy) is 2. The van der Waals surface area contributed by atoms with Crippen LogP contribution in [-0.2, 0) is 53.9 Å². The van der Waals surface area contributed by atoms with Gasteiger partial charge < -0.3 is 27.6 Å². The van der Waals surface area contributed by atoms with Crippen LogP contribution in [0.2, 0.25) is 0 Å². The first kappa shape index (κ1) is 48.4. The number of rotatable bonds is 6. The average Bonchev–Trinajstić information content (AvgIpc) is 3.72. The molecular formula is C53H66O11P2. The fraction of sp³-hybridized carbons (Fsp3) is 0.509. The lowest BCUT2D eigenvalue weighted by Crippen LogP contribution is -2.45. The van der Waals surface area contributed by atoms with Gasteiger partial charge in [-0.15, -0.1) is 0 Å². The lowest BCUT2D eigenvalue weighted by Gasteiger charge is -2.41. The predicted octanol–water partition coefficient (Wildman–Crippen LogP) is 13.1. The summed E-state index contributed by atoms with van der Waals surface area (Å²) in [5, 5.41) is 0. The number of phosphoric acid groups is 1. The van der Waals surface area contributed by atoms with Crippen molar-refractivity contribution in [3.63, 3.8) is 0 Å². The minimum Gasteiger partial charge on any atom is -0.426 e. The summed E-state index contributed by atoms with van der Waals surface area (Å²) in [5.74, 6) is 0.461. The molecule has 8 rings (SSSR count). The van der Waals surface area contributed by atoms with E-state index in [1.165, 1.54) is 0 Å². The predicted molar refractivity (Wildman–Crippen MR) is 256 cm³/mol. The highest BCUT2D eigenvalue weighted by atomic mass is 31.2. The number of carbonyl (C=O) groups excluding carboxylic acids is 2. The second-order valence-electron chi connectivity index (χ2n) is 23.0. The van der Waals surface area contributed by atoms with Crippen LogP contribution < -0.4 is 18.5 Å². The number of aryl methyl sites for hydroxylation is 4. The Labute approximate surface area is 392 Å². The van der Waals surface area contributed by atoms with Gasteiger partial charge in [0.05, 0.1) is 31.8 Å². The van der Waals surface area contributed by atoms with Gasteiger partial charge in [0.1, 0.15) is 34.8 Å². The fourth-order valence-corrected chi connectivity index (χ4v) is 12.1. The van der Waals surface area contributed by atoms with Crippen molar-refractivity contribution in [2.75, 3.05) is 26.4 Å². The summed E-state index contributed by atoms with van der Waals surface area (Å²) in [6.07, 6.45) is 0. The molecule has 0 radical (unpaired) electrons. The normalized spacial score (nSPS) is 24.5. The Morgan fingerprint density at radius 1 is 0.545 bits per heavy atom. The van der Waals surface area contributed by atoms with Crippen molar-refractivity contribution in [3.05, 3.63) is 115 Å². The van der Waals surface area contributed by atoms with Crippen molar-refractivity contribution in [1.29, 1.82) is 0 Å². The van der Waals surface area contributed by atoms with Crippen molar-refractivity contribution in [2.45, 2.75) is 144 Å². The van der Waals surface area contributed by atoms with Gasteiger partial charge in [0.15, 0.2) is 0 Å². The highest BCUT2D eigenvalue weighted by Crippen LogP contribution is 2.59. The second kappa shape index (κ2) is 16.6. The highest BCUT2D eigenvalue weighted by Gasteiger charge is 2.49. The monoisotopic (exact) mass is 940 g/mol. The molecule has 2 fully saturated rings. The molecule has 4 aromatic rings. The molecular weight excluding hydrogens is 875 g/mol. The summed E-state index contributed by atoms with van der Waals surface area (Å²) >= 11 is 0. The molecule has 0 aromatic heterocycles. The number of fused-ring (bicyclic) bond motifs is 2. The topological polar surface area (TPSA) is 125 Å². The van der Waals surface area contributed by atoms with Crippen molar-refractivity contribution in [1.82, 2.24) is 0 Å². The molecule has 2 unspecified atom stereocenters. The first-order valence-electron chi connectivity index (χ1n) is 22.8. The van der Waals surface area contributed by atoms with Crippen molar-refractivity contribution >= 4 is 28.4 Å². The Kier molecular flexibility index (Phi) is 12.1. The van der Waals surface area contributed by atoms with Gasteiger partial charge in [0.25, 0.3) is 0 Å². The molecule has 2 saturated heterocycles. The minimum atomic E-state index is -4.04. The summed E-state index contributed by atoms with van der Waals surface area (Å²) in [7, 11) is -5.83. The Hall–Kier alpha value is -4.08. The van der Waals surface area contributed by atoms with Crippen LogP contribution in [0.3, 0.4) is 0 Å². The van der Waals surface area contributed by atoms with Gasteiger partial charge in [-0.2, -0.15) is 0 Å². The van der Waals surface area contributed by atoms with E-state index >= 15 is 0 Å². The van der Waals surface area contributed by atoms with Crippen LogP contribution in [0.25, 0.3) is 0 Å². The average molecular weight is 941 g/mol. The molecule has 4 aromatic carbocycles. The van der Waals surface area contributed by atoms with E-state index in [0.717, 1.165) is 55.6 Å². The quantitative estimate of drug-likeness (QED) is 0.104. The van der Waals surface area contributed by atoms with E-state index in [2.05, 4.69) is 107 Å². The molecule has 354 valence electrons. The third-order valence-electron chi connectivity index (χ3n) is 13.1. The van der Waals surface area contributed by atoms with Gasteiger partial charge >= 0.3 is 28.4 Å². The highest BCUT2D eigenvalue weighted by molar-refractivity contribution is 7.49. The van der Waals surface area contributed by atoms with Crippen LogP contribution >= 0.6 is 16.4 Å². The van der Waals surface area contributed by atoms with Crippen LogP contribution in [0, 0.1) is 33.1 Å². The van der Waals surface area contributed by atoms with Crippen LogP contribution in [0.5, 0.6) is 23.0 Å². The van der Waals surface area contributed by atoms with Gasteiger partial charge in [0, 0.05) is 22.3 Å². The molecule has 4 heterocycles. The van der Waals surface area contributed by atoms with E-state index in [1.807, 2.05) is 52.0 Å². The molecule has 4 aliphatic rings. The molecule has 0 bridgehead atoms. The molecule has 66 heavy (non-hydrogen) atoms. The maximum atomic E-state index is 14.0. The Morgan fingerprint density at radius 3 is 1.29 bits per heavy atom. The van der Waals surface area contributed by atoms with Gasteiger partial charge in [-0.25, -0.2) is 4.57 Å². The lowest BCUT2D eigenvalue weighted by molar-refractivity contribution is -0.134. The van der Waals surface area contributed by atoms with Crippen LogP contribution in [0.1, 0.15) is 162 Å². The summed E-state index contributed by atoms with van der Waals surface area (Å²) in [4.78, 5) is 27.2. The number of hydrogen-bond donors (Lipinski definition) is 0. The van der Waals surface area contributed by atoms with E-state index in [1.54, 1.807) is 0 Å². The maximum Gasteiger partial charge on any atom is 0.530 e. The van der Waals surface area contributed by atoms with Gasteiger partial charge in [-0.05, 0) is 93.9 Å². The number of esters is 2. The summed E-state index contributed by atoms with van der Waals surface area (Å²) in [6.45, 7) is 33.8. The van der Waals surface area contributed by atoms with E-state index in [4.69, 9.17) is 36.6 Å². The molecule has 1 spiro atoms. The van der Waals surface area contributed by atoms with Crippen LogP contribution in [0.15, 0.2) is 48.5 Å². The third-order valence-corrected chi connectivity index (χ3v) is 15.4. The molecule has 4 aliphatic heterocycles. The van der Waals surface area contributed by atoms with Crippen LogP contribution in [0.4, 0.5) is 0 Å². The molecule has 0 N–H and O–H groups in total. The molecule has 2 atom stereocenters. The molecule has 13 heteroatoms. The van der Waals surface area contributed by atoms with E-state index < -0.39 is 33.7 Å². The standard InChI is InChI=1S/C53H66O11P2/c1-29-17-33(41-37-21-35(49(5,6)7)23-39(51(11,12)13)45(37)61-47(41)54)18-30(2)43(29)63-65-57-25-53(26-58-65)27-59-66(56,60-28-53)64-44-31(3)19-34(20-32(44)4)42-38-22-36(50(8,9)10)24-40(52(14,15)16)46(38)62-48(42)55/h17-24,41-42H,25-28H2,1-16H3. The van der Waals surface area contributed by atoms with E-state index in [0.29, 0.717) is 34.1 Å². The zero-order valence-corrected chi connectivity index (χ0v) is 43.3. The molecule has 11 nitrogen and oxygen atoms in total. The minimum absolute atomic E-state index is 0.0140.